The fourth-order valence-electron chi connectivity index (χ4n) is 3.20. The molecule has 0 spiro atoms. The van der Waals surface area contributed by atoms with Gasteiger partial charge in [-0.05, 0) is 50.3 Å². The SMILES string of the molecule is C[C@@H]1CN(c2ccc(CNC[C@@H]3CC=CCC3)cn2)CCO1. The van der Waals surface area contributed by atoms with Gasteiger partial charge in [-0.15, -0.1) is 0 Å². The molecule has 0 radical (unpaired) electrons. The highest BCUT2D eigenvalue weighted by Gasteiger charge is 2.17. The maximum atomic E-state index is 5.58. The summed E-state index contributed by atoms with van der Waals surface area (Å²) in [5.41, 5.74) is 1.26. The standard InChI is InChI=1S/C18H27N3O/c1-15-14-21(9-10-22-15)18-8-7-17(13-20-18)12-19-11-16-5-3-2-4-6-16/h2-3,7-8,13,15-16,19H,4-6,9-12,14H2,1H3/t15-,16-/m1/s1. The third-order valence-electron chi connectivity index (χ3n) is 4.51. The summed E-state index contributed by atoms with van der Waals surface area (Å²) in [6.45, 7) is 6.79. The van der Waals surface area contributed by atoms with Crippen molar-refractivity contribution < 1.29 is 4.74 Å². The van der Waals surface area contributed by atoms with Crippen LogP contribution in [0, 0.1) is 5.92 Å². The Labute approximate surface area is 133 Å². The van der Waals surface area contributed by atoms with Crippen LogP contribution in [0.15, 0.2) is 30.5 Å². The molecule has 22 heavy (non-hydrogen) atoms. The van der Waals surface area contributed by atoms with Gasteiger partial charge in [-0.2, -0.15) is 0 Å². The van der Waals surface area contributed by atoms with E-state index in [0.717, 1.165) is 44.5 Å². The molecule has 0 unspecified atom stereocenters. The van der Waals surface area contributed by atoms with Crippen LogP contribution < -0.4 is 10.2 Å². The van der Waals surface area contributed by atoms with Gasteiger partial charge in [-0.25, -0.2) is 4.98 Å². The summed E-state index contributed by atoms with van der Waals surface area (Å²) in [7, 11) is 0. The molecule has 1 aromatic rings. The Bertz CT molecular complexity index is 486. The zero-order valence-corrected chi connectivity index (χ0v) is 13.5. The number of nitrogens with zero attached hydrogens (tertiary/aromatic N) is 2. The molecule has 1 aromatic heterocycles. The summed E-state index contributed by atoms with van der Waals surface area (Å²) < 4.78 is 5.58. The second-order valence-corrected chi connectivity index (χ2v) is 6.43. The summed E-state index contributed by atoms with van der Waals surface area (Å²) in [6, 6.07) is 4.33. The number of nitrogens with one attached hydrogen (secondary N) is 1. The number of aromatic nitrogens is 1. The first kappa shape index (κ1) is 15.5. The number of pyridine rings is 1. The molecule has 2 heterocycles. The van der Waals surface area contributed by atoms with E-state index in [9.17, 15) is 0 Å². The molecule has 1 aliphatic heterocycles. The van der Waals surface area contributed by atoms with Gasteiger partial charge in [0.1, 0.15) is 5.82 Å². The predicted octanol–water partition coefficient (Wildman–Crippen LogP) is 2.75. The Kier molecular flexibility index (Phi) is 5.46. The largest absolute Gasteiger partial charge is 0.375 e. The van der Waals surface area contributed by atoms with Crippen molar-refractivity contribution in [3.63, 3.8) is 0 Å². The maximum Gasteiger partial charge on any atom is 0.128 e. The third kappa shape index (κ3) is 4.31. The number of allylic oxidation sites excluding steroid dienone is 2. The van der Waals surface area contributed by atoms with E-state index in [0.29, 0.717) is 6.10 Å². The van der Waals surface area contributed by atoms with Crippen LogP contribution in [-0.4, -0.2) is 37.3 Å². The van der Waals surface area contributed by atoms with Crippen molar-refractivity contribution in [1.82, 2.24) is 10.3 Å². The van der Waals surface area contributed by atoms with E-state index in [1.165, 1.54) is 24.8 Å². The molecule has 0 amide bonds. The molecule has 0 bridgehead atoms. The van der Waals surface area contributed by atoms with Crippen LogP contribution in [0.5, 0.6) is 0 Å². The lowest BCUT2D eigenvalue weighted by Gasteiger charge is -2.32. The Balaban J connectivity index is 1.45. The van der Waals surface area contributed by atoms with Gasteiger partial charge in [0.25, 0.3) is 0 Å². The van der Waals surface area contributed by atoms with E-state index in [2.05, 4.69) is 46.4 Å². The van der Waals surface area contributed by atoms with E-state index in [1.807, 2.05) is 6.20 Å². The van der Waals surface area contributed by atoms with E-state index in [1.54, 1.807) is 0 Å². The molecular weight excluding hydrogens is 274 g/mol. The normalized spacial score (nSPS) is 25.4. The predicted molar refractivity (Wildman–Crippen MR) is 90.1 cm³/mol. The topological polar surface area (TPSA) is 37.4 Å². The van der Waals surface area contributed by atoms with Crippen molar-refractivity contribution in [3.05, 3.63) is 36.0 Å². The van der Waals surface area contributed by atoms with Gasteiger partial charge in [0.15, 0.2) is 0 Å². The number of hydrogen-bond acceptors (Lipinski definition) is 4. The van der Waals surface area contributed by atoms with Gasteiger partial charge in [0.05, 0.1) is 12.7 Å². The first-order valence-corrected chi connectivity index (χ1v) is 8.48. The van der Waals surface area contributed by atoms with Gasteiger partial charge in [-0.3, -0.25) is 0 Å². The number of morpholine rings is 1. The summed E-state index contributed by atoms with van der Waals surface area (Å²) in [4.78, 5) is 6.93. The molecule has 1 saturated heterocycles. The van der Waals surface area contributed by atoms with E-state index in [-0.39, 0.29) is 0 Å². The first-order chi connectivity index (χ1) is 10.8. The smallest absolute Gasteiger partial charge is 0.128 e. The molecule has 1 aliphatic carbocycles. The molecule has 1 N–H and O–H groups in total. The van der Waals surface area contributed by atoms with Crippen molar-refractivity contribution >= 4 is 5.82 Å². The van der Waals surface area contributed by atoms with E-state index >= 15 is 0 Å². The average molecular weight is 301 g/mol. The van der Waals surface area contributed by atoms with E-state index in [4.69, 9.17) is 4.74 Å². The zero-order chi connectivity index (χ0) is 15.2. The van der Waals surface area contributed by atoms with Crippen molar-refractivity contribution in [3.8, 4) is 0 Å². The molecular formula is C18H27N3O. The van der Waals surface area contributed by atoms with Gasteiger partial charge < -0.3 is 15.0 Å². The number of hydrogen-bond donors (Lipinski definition) is 1. The summed E-state index contributed by atoms with van der Waals surface area (Å²) in [5, 5.41) is 3.57. The van der Waals surface area contributed by atoms with Crippen LogP contribution in [0.25, 0.3) is 0 Å². The highest BCUT2D eigenvalue weighted by molar-refractivity contribution is 5.39. The third-order valence-corrected chi connectivity index (χ3v) is 4.51. The maximum absolute atomic E-state index is 5.58. The summed E-state index contributed by atoms with van der Waals surface area (Å²) in [5.74, 6) is 1.86. The van der Waals surface area contributed by atoms with Crippen LogP contribution in [-0.2, 0) is 11.3 Å². The van der Waals surface area contributed by atoms with Crippen LogP contribution in [0.1, 0.15) is 31.7 Å². The fourth-order valence-corrected chi connectivity index (χ4v) is 3.20. The fraction of sp³-hybridized carbons (Fsp3) is 0.611. The van der Waals surface area contributed by atoms with Gasteiger partial charge in [-0.1, -0.05) is 18.2 Å². The van der Waals surface area contributed by atoms with E-state index < -0.39 is 0 Å². The lowest BCUT2D eigenvalue weighted by Crippen LogP contribution is -2.41. The molecule has 0 saturated carbocycles. The van der Waals surface area contributed by atoms with Gasteiger partial charge in [0, 0.05) is 25.8 Å². The monoisotopic (exact) mass is 301 g/mol. The second-order valence-electron chi connectivity index (χ2n) is 6.43. The summed E-state index contributed by atoms with van der Waals surface area (Å²) >= 11 is 0. The van der Waals surface area contributed by atoms with Gasteiger partial charge >= 0.3 is 0 Å². The zero-order valence-electron chi connectivity index (χ0n) is 13.5. The Morgan fingerprint density at radius 3 is 3.05 bits per heavy atom. The number of ether oxygens (including phenoxy) is 1. The average Bonchev–Trinajstić information content (AvgIpc) is 2.56. The van der Waals surface area contributed by atoms with Crippen LogP contribution in [0.3, 0.4) is 0 Å². The quantitative estimate of drug-likeness (QED) is 0.849. The molecule has 3 rings (SSSR count). The minimum absolute atomic E-state index is 0.293. The molecule has 2 atom stereocenters. The first-order valence-electron chi connectivity index (χ1n) is 8.48. The van der Waals surface area contributed by atoms with Crippen molar-refractivity contribution in [2.45, 2.75) is 38.8 Å². The van der Waals surface area contributed by atoms with Crippen LogP contribution in [0.2, 0.25) is 0 Å². The second kappa shape index (κ2) is 7.75. The molecule has 120 valence electrons. The highest BCUT2D eigenvalue weighted by atomic mass is 16.5. The lowest BCUT2D eigenvalue weighted by molar-refractivity contribution is 0.0529. The molecule has 2 aliphatic rings. The Morgan fingerprint density at radius 2 is 2.32 bits per heavy atom. The molecule has 4 heteroatoms. The lowest BCUT2D eigenvalue weighted by atomic mass is 9.94. The Hall–Kier alpha value is -1.39. The molecule has 1 fully saturated rings. The number of rotatable bonds is 5. The van der Waals surface area contributed by atoms with Gasteiger partial charge in [0.2, 0.25) is 0 Å². The molecule has 4 nitrogen and oxygen atoms in total. The van der Waals surface area contributed by atoms with Crippen molar-refractivity contribution in [1.29, 1.82) is 0 Å². The molecule has 0 aromatic carbocycles. The summed E-state index contributed by atoms with van der Waals surface area (Å²) in [6.07, 6.45) is 10.7. The Morgan fingerprint density at radius 1 is 1.36 bits per heavy atom. The van der Waals surface area contributed by atoms with Crippen LogP contribution >= 0.6 is 0 Å². The minimum atomic E-state index is 0.293. The highest BCUT2D eigenvalue weighted by Crippen LogP contribution is 2.18. The van der Waals surface area contributed by atoms with Crippen molar-refractivity contribution in [2.24, 2.45) is 5.92 Å². The number of anilines is 1. The minimum Gasteiger partial charge on any atom is -0.375 e. The van der Waals surface area contributed by atoms with Crippen molar-refractivity contribution in [2.75, 3.05) is 31.1 Å². The van der Waals surface area contributed by atoms with Crippen LogP contribution in [0.4, 0.5) is 5.82 Å².